The van der Waals surface area contributed by atoms with Crippen LogP contribution < -0.4 is 16.0 Å². The van der Waals surface area contributed by atoms with Crippen LogP contribution in [0.3, 0.4) is 0 Å². The summed E-state index contributed by atoms with van der Waals surface area (Å²) in [5.74, 6) is -2.71. The van der Waals surface area contributed by atoms with Gasteiger partial charge in [0.1, 0.15) is 10.6 Å². The van der Waals surface area contributed by atoms with Gasteiger partial charge >= 0.3 is 5.97 Å². The summed E-state index contributed by atoms with van der Waals surface area (Å²) in [6.45, 7) is 5.55. The molecule has 3 aromatic heterocycles. The Morgan fingerprint density at radius 2 is 1.83 bits per heavy atom. The summed E-state index contributed by atoms with van der Waals surface area (Å²) in [4.78, 5) is 44.6. The molecule has 4 aromatic rings. The number of aromatic amines is 1. The van der Waals surface area contributed by atoms with Crippen LogP contribution in [0.15, 0.2) is 59.9 Å². The van der Waals surface area contributed by atoms with Gasteiger partial charge in [0.2, 0.25) is 15.9 Å². The van der Waals surface area contributed by atoms with Gasteiger partial charge in [0.05, 0.1) is 35.7 Å². The molecule has 0 radical (unpaired) electrons. The van der Waals surface area contributed by atoms with Crippen molar-refractivity contribution in [3.05, 3.63) is 83.1 Å². The van der Waals surface area contributed by atoms with E-state index < -0.39 is 33.2 Å². The minimum absolute atomic E-state index is 0.0352. The van der Waals surface area contributed by atoms with Crippen molar-refractivity contribution in [2.24, 2.45) is 5.73 Å². The second-order valence-electron chi connectivity index (χ2n) is 11.6. The number of ether oxygens (including phenoxy) is 1. The second-order valence-corrected chi connectivity index (χ2v) is 13.6. The van der Waals surface area contributed by atoms with Crippen molar-refractivity contribution < 1.29 is 32.6 Å². The molecule has 0 atom stereocenters. The van der Waals surface area contributed by atoms with Gasteiger partial charge in [-0.1, -0.05) is 13.8 Å². The Morgan fingerprint density at radius 3 is 2.50 bits per heavy atom. The molecule has 16 heteroatoms. The highest BCUT2D eigenvalue weighted by Crippen LogP contribution is 2.38. The number of rotatable bonds is 8. The molecule has 1 aromatic carbocycles. The molecule has 0 aliphatic carbocycles. The molecule has 15 nitrogen and oxygen atoms in total. The van der Waals surface area contributed by atoms with Crippen LogP contribution in [0.5, 0.6) is 0 Å². The van der Waals surface area contributed by atoms with Gasteiger partial charge < -0.3 is 30.4 Å². The molecular weight excluding hydrogens is 616 g/mol. The smallest absolute Gasteiger partial charge is 0.352 e. The number of anilines is 2. The van der Waals surface area contributed by atoms with Gasteiger partial charge in [-0.3, -0.25) is 19.7 Å². The molecule has 5 N–H and O–H groups in total. The molecule has 5 heterocycles. The number of nitrogens with one attached hydrogen (secondary N) is 2. The fourth-order valence-electron chi connectivity index (χ4n) is 5.91. The van der Waals surface area contributed by atoms with E-state index in [-0.39, 0.29) is 40.6 Å². The molecule has 0 spiro atoms. The fourth-order valence-corrected chi connectivity index (χ4v) is 7.45. The van der Waals surface area contributed by atoms with Crippen molar-refractivity contribution in [1.29, 1.82) is 0 Å². The molecule has 1 fully saturated rings. The lowest BCUT2D eigenvalue weighted by Gasteiger charge is -2.36. The van der Waals surface area contributed by atoms with Gasteiger partial charge in [-0.15, -0.1) is 0 Å². The number of carboxylic acids is 1. The molecule has 6 rings (SSSR count). The predicted octanol–water partition coefficient (Wildman–Crippen LogP) is 1.96. The Balaban J connectivity index is 1.41. The number of carboxylic acid groups (broad SMARTS) is 1. The molecule has 1 saturated heterocycles. The quantitative estimate of drug-likeness (QED) is 0.218. The van der Waals surface area contributed by atoms with Gasteiger partial charge in [-0.2, -0.15) is 9.40 Å². The van der Waals surface area contributed by atoms with Crippen LogP contribution >= 0.6 is 0 Å². The topological polar surface area (TPSA) is 206 Å². The number of nitrogens with two attached hydrogens (primary N) is 1. The van der Waals surface area contributed by atoms with Gasteiger partial charge in [-0.05, 0) is 36.4 Å². The maximum Gasteiger partial charge on any atom is 0.352 e. The third-order valence-corrected chi connectivity index (χ3v) is 9.93. The fraction of sp³-hybridized carbons (Fsp3) is 0.300. The van der Waals surface area contributed by atoms with Crippen LogP contribution in [0, 0.1) is 0 Å². The zero-order valence-corrected chi connectivity index (χ0v) is 25.9. The normalized spacial score (nSPS) is 16.5. The number of fused-ring (bicyclic) bond motifs is 1. The average molecular weight is 649 g/mol. The molecule has 46 heavy (non-hydrogen) atoms. The van der Waals surface area contributed by atoms with E-state index in [0.717, 1.165) is 0 Å². The van der Waals surface area contributed by atoms with Crippen LogP contribution in [0.4, 0.5) is 11.5 Å². The predicted molar refractivity (Wildman–Crippen MR) is 166 cm³/mol. The van der Waals surface area contributed by atoms with E-state index in [4.69, 9.17) is 10.5 Å². The minimum atomic E-state index is -3.94. The zero-order valence-electron chi connectivity index (χ0n) is 25.1. The van der Waals surface area contributed by atoms with E-state index in [1.807, 2.05) is 18.7 Å². The minimum Gasteiger partial charge on any atom is -0.477 e. The highest BCUT2D eigenvalue weighted by Gasteiger charge is 2.41. The van der Waals surface area contributed by atoms with Crippen molar-refractivity contribution in [3.63, 3.8) is 0 Å². The first-order valence-corrected chi connectivity index (χ1v) is 15.8. The van der Waals surface area contributed by atoms with Gasteiger partial charge in [0.25, 0.3) is 5.91 Å². The number of H-pyrrole nitrogens is 1. The van der Waals surface area contributed by atoms with Crippen molar-refractivity contribution in [2.45, 2.75) is 30.7 Å². The summed E-state index contributed by atoms with van der Waals surface area (Å²) in [6, 6.07) is 8.91. The highest BCUT2D eigenvalue weighted by molar-refractivity contribution is 7.89. The average Bonchev–Trinajstić information content (AvgIpc) is 3.69. The molecule has 0 bridgehead atoms. The number of pyridine rings is 1. The lowest BCUT2D eigenvalue weighted by atomic mass is 9.84. The van der Waals surface area contributed by atoms with Crippen LogP contribution in [-0.2, 0) is 26.7 Å². The lowest BCUT2D eigenvalue weighted by molar-refractivity contribution is 0.0687. The van der Waals surface area contributed by atoms with Crippen LogP contribution in [0.25, 0.3) is 5.69 Å². The van der Waals surface area contributed by atoms with Gasteiger partial charge in [0.15, 0.2) is 5.82 Å². The van der Waals surface area contributed by atoms with Crippen molar-refractivity contribution >= 4 is 39.3 Å². The number of aromatic nitrogens is 4. The number of morpholine rings is 1. The van der Waals surface area contributed by atoms with Crippen molar-refractivity contribution in [3.8, 4) is 5.69 Å². The lowest BCUT2D eigenvalue weighted by Crippen LogP contribution is -2.45. The number of nitrogens with zero attached hydrogens (tertiary/aromatic N) is 5. The monoisotopic (exact) mass is 648 g/mol. The number of primary amides is 1. The molecule has 240 valence electrons. The van der Waals surface area contributed by atoms with E-state index in [1.54, 1.807) is 18.3 Å². The molecular formula is C30H32N8O7S. The number of hydrogen-bond acceptors (Lipinski definition) is 9. The summed E-state index contributed by atoms with van der Waals surface area (Å²) in [7, 11) is -3.94. The van der Waals surface area contributed by atoms with E-state index in [9.17, 15) is 27.9 Å². The number of carbonyl (C=O) groups is 3. The molecule has 2 aliphatic rings. The van der Waals surface area contributed by atoms with Gasteiger partial charge in [-0.25, -0.2) is 13.2 Å². The number of hydrogen-bond donors (Lipinski definition) is 4. The number of carbonyl (C=O) groups excluding carboxylic acids is 2. The third kappa shape index (κ3) is 5.50. The second kappa shape index (κ2) is 11.7. The van der Waals surface area contributed by atoms with Crippen molar-refractivity contribution in [2.75, 3.05) is 43.1 Å². The first-order chi connectivity index (χ1) is 21.9. The van der Waals surface area contributed by atoms with Crippen molar-refractivity contribution in [1.82, 2.24) is 24.1 Å². The number of sulfonamides is 1. The highest BCUT2D eigenvalue weighted by atomic mass is 32.2. The van der Waals surface area contributed by atoms with E-state index in [0.29, 0.717) is 48.9 Å². The zero-order chi connectivity index (χ0) is 32.8. The summed E-state index contributed by atoms with van der Waals surface area (Å²) in [5, 5.41) is 19.8. The summed E-state index contributed by atoms with van der Waals surface area (Å²) >= 11 is 0. The van der Waals surface area contributed by atoms with E-state index in [1.165, 1.54) is 45.5 Å². The molecule has 2 amide bonds. The molecule has 2 aliphatic heterocycles. The Morgan fingerprint density at radius 1 is 1.09 bits per heavy atom. The number of benzene rings is 1. The van der Waals surface area contributed by atoms with Crippen LogP contribution in [0.1, 0.15) is 56.3 Å². The standard InChI is InChI=1S/C30H32N8O7S/c1-30(2)17-37(46(43,44)18-5-3-7-32-15-18)16-21-25(30)34-35-27(21)33-28(40)20-14-24(38-8-4-6-22(38)29(41)42)23(13-19(20)26(31)39)36-9-11-45-12-10-36/h3-8,13-15H,9-12,16-17H2,1-2H3,(H2,31,39)(H,41,42)(H2,33,34,35,40). The first kappa shape index (κ1) is 30.9. The number of aromatic carboxylic acids is 1. The number of amides is 2. The SMILES string of the molecule is CC1(C)CN(S(=O)(=O)c2cccnc2)Cc2c(NC(=O)c3cc(-n4cccc4C(=O)O)c(N4CCOCC4)cc3C(N)=O)n[nH]c21. The van der Waals surface area contributed by atoms with Crippen LogP contribution in [0.2, 0.25) is 0 Å². The van der Waals surface area contributed by atoms with E-state index >= 15 is 0 Å². The summed E-state index contributed by atoms with van der Waals surface area (Å²) in [5.41, 5.74) is 6.78. The van der Waals surface area contributed by atoms with E-state index in [2.05, 4.69) is 20.5 Å². The summed E-state index contributed by atoms with van der Waals surface area (Å²) < 4.78 is 35.3. The van der Waals surface area contributed by atoms with Gasteiger partial charge in [0, 0.05) is 61.4 Å². The Kier molecular flexibility index (Phi) is 7.87. The Bertz CT molecular complexity index is 1950. The Hall–Kier alpha value is -5.06. The maximum absolute atomic E-state index is 13.9. The molecule has 0 unspecified atom stereocenters. The third-order valence-electron chi connectivity index (χ3n) is 8.16. The van der Waals surface area contributed by atoms with Crippen LogP contribution in [-0.4, -0.2) is 88.2 Å². The molecule has 0 saturated carbocycles. The largest absolute Gasteiger partial charge is 0.477 e. The summed E-state index contributed by atoms with van der Waals surface area (Å²) in [6.07, 6.45) is 4.32. The maximum atomic E-state index is 13.9. The Labute approximate surface area is 264 Å². The first-order valence-electron chi connectivity index (χ1n) is 14.4.